The molecule has 118 valence electrons. The molecule has 0 heterocycles. The van der Waals surface area contributed by atoms with Crippen molar-refractivity contribution in [3.8, 4) is 0 Å². The van der Waals surface area contributed by atoms with Crippen molar-refractivity contribution in [1.29, 1.82) is 0 Å². The molecule has 1 atom stereocenters. The van der Waals surface area contributed by atoms with E-state index in [0.717, 1.165) is 23.7 Å². The molecular weight excluding hydrogens is 328 g/mol. The number of carbonyl (C=O) groups excluding carboxylic acids is 1. The molecule has 0 aromatic heterocycles. The third-order valence-corrected chi connectivity index (χ3v) is 4.75. The summed E-state index contributed by atoms with van der Waals surface area (Å²) in [6.45, 7) is 5.12. The molecule has 0 saturated heterocycles. The predicted molar refractivity (Wildman–Crippen MR) is 93.0 cm³/mol. The Balaban J connectivity index is 2.64. The number of hydrogen-bond acceptors (Lipinski definition) is 2. The molecule has 1 unspecified atom stereocenters. The van der Waals surface area contributed by atoms with Gasteiger partial charge in [0.1, 0.15) is 0 Å². The normalized spacial score (nSPS) is 12.7. The zero-order valence-corrected chi connectivity index (χ0v) is 15.1. The Morgan fingerprint density at radius 1 is 1.19 bits per heavy atom. The third-order valence-electron chi connectivity index (χ3n) is 4.10. The van der Waals surface area contributed by atoms with E-state index in [1.165, 1.54) is 5.56 Å². The standard InChI is InChI=1S/C17H27BrN2O/c1-5-14(6-2)16(20(3)4)12-19-17(21)15-9-7-13(11-18)8-10-15/h7-10,14,16H,5-6,11-12H2,1-4H3,(H,19,21). The summed E-state index contributed by atoms with van der Waals surface area (Å²) < 4.78 is 0. The highest BCUT2D eigenvalue weighted by molar-refractivity contribution is 9.08. The third kappa shape index (κ3) is 5.44. The molecule has 1 N–H and O–H groups in total. The van der Waals surface area contributed by atoms with E-state index in [0.29, 0.717) is 18.5 Å². The summed E-state index contributed by atoms with van der Waals surface area (Å²) >= 11 is 3.41. The average Bonchev–Trinajstić information content (AvgIpc) is 2.50. The van der Waals surface area contributed by atoms with Gasteiger partial charge in [-0.1, -0.05) is 54.8 Å². The molecule has 0 spiro atoms. The number of nitrogens with zero attached hydrogens (tertiary/aromatic N) is 1. The van der Waals surface area contributed by atoms with Gasteiger partial charge in [0, 0.05) is 23.5 Å². The van der Waals surface area contributed by atoms with Crippen LogP contribution in [0, 0.1) is 5.92 Å². The largest absolute Gasteiger partial charge is 0.350 e. The zero-order valence-electron chi connectivity index (χ0n) is 13.5. The molecule has 1 aromatic carbocycles. The lowest BCUT2D eigenvalue weighted by molar-refractivity contribution is 0.0929. The number of halogens is 1. The molecule has 0 fully saturated rings. The van der Waals surface area contributed by atoms with Gasteiger partial charge in [0.15, 0.2) is 0 Å². The van der Waals surface area contributed by atoms with Gasteiger partial charge in [0.25, 0.3) is 5.91 Å². The highest BCUT2D eigenvalue weighted by Crippen LogP contribution is 2.16. The molecule has 4 heteroatoms. The maximum Gasteiger partial charge on any atom is 0.251 e. The van der Waals surface area contributed by atoms with Crippen molar-refractivity contribution in [2.24, 2.45) is 5.92 Å². The first kappa shape index (κ1) is 18.2. The van der Waals surface area contributed by atoms with Crippen LogP contribution in [0.25, 0.3) is 0 Å². The molecule has 0 aliphatic heterocycles. The van der Waals surface area contributed by atoms with Crippen molar-refractivity contribution < 1.29 is 4.79 Å². The lowest BCUT2D eigenvalue weighted by Gasteiger charge is -2.31. The van der Waals surface area contributed by atoms with E-state index in [2.05, 4.69) is 54.1 Å². The topological polar surface area (TPSA) is 32.3 Å². The molecule has 1 rings (SSSR count). The van der Waals surface area contributed by atoms with Gasteiger partial charge < -0.3 is 10.2 Å². The number of alkyl halides is 1. The Morgan fingerprint density at radius 3 is 2.19 bits per heavy atom. The van der Waals surface area contributed by atoms with E-state index in [4.69, 9.17) is 0 Å². The minimum absolute atomic E-state index is 0.00827. The lowest BCUT2D eigenvalue weighted by Crippen LogP contribution is -2.44. The summed E-state index contributed by atoms with van der Waals surface area (Å²) in [4.78, 5) is 14.4. The van der Waals surface area contributed by atoms with E-state index in [-0.39, 0.29) is 5.91 Å². The van der Waals surface area contributed by atoms with Crippen LogP contribution in [0.15, 0.2) is 24.3 Å². The molecule has 0 radical (unpaired) electrons. The number of likely N-dealkylation sites (N-methyl/N-ethyl adjacent to an activating group) is 1. The van der Waals surface area contributed by atoms with E-state index in [1.54, 1.807) is 0 Å². The molecule has 0 aliphatic carbocycles. The molecule has 1 aromatic rings. The molecule has 21 heavy (non-hydrogen) atoms. The number of carbonyl (C=O) groups is 1. The SMILES string of the molecule is CCC(CC)C(CNC(=O)c1ccc(CBr)cc1)N(C)C. The maximum absolute atomic E-state index is 12.2. The Labute approximate surface area is 137 Å². The highest BCUT2D eigenvalue weighted by Gasteiger charge is 2.21. The second-order valence-electron chi connectivity index (χ2n) is 5.65. The summed E-state index contributed by atoms with van der Waals surface area (Å²) in [6.07, 6.45) is 2.27. The smallest absolute Gasteiger partial charge is 0.251 e. The predicted octanol–water partition coefficient (Wildman–Crippen LogP) is 3.68. The van der Waals surface area contributed by atoms with Crippen molar-refractivity contribution in [2.45, 2.75) is 38.1 Å². The van der Waals surface area contributed by atoms with Gasteiger partial charge in [-0.05, 0) is 37.7 Å². The van der Waals surface area contributed by atoms with Crippen molar-refractivity contribution in [2.75, 3.05) is 20.6 Å². The fourth-order valence-corrected chi connectivity index (χ4v) is 3.02. The minimum Gasteiger partial charge on any atom is -0.350 e. The van der Waals surface area contributed by atoms with Crippen LogP contribution < -0.4 is 5.32 Å². The lowest BCUT2D eigenvalue weighted by atomic mass is 9.93. The fraction of sp³-hybridized carbons (Fsp3) is 0.588. The van der Waals surface area contributed by atoms with Crippen LogP contribution >= 0.6 is 15.9 Å². The molecular formula is C17H27BrN2O. The van der Waals surface area contributed by atoms with Crippen molar-refractivity contribution in [1.82, 2.24) is 10.2 Å². The molecule has 0 aliphatic rings. The van der Waals surface area contributed by atoms with Crippen LogP contribution in [-0.4, -0.2) is 37.5 Å². The van der Waals surface area contributed by atoms with Gasteiger partial charge in [-0.3, -0.25) is 4.79 Å². The van der Waals surface area contributed by atoms with Crippen molar-refractivity contribution >= 4 is 21.8 Å². The number of rotatable bonds is 8. The minimum atomic E-state index is 0.00827. The van der Waals surface area contributed by atoms with Gasteiger partial charge in [-0.15, -0.1) is 0 Å². The first-order valence-corrected chi connectivity index (χ1v) is 8.75. The van der Waals surface area contributed by atoms with E-state index < -0.39 is 0 Å². The first-order valence-electron chi connectivity index (χ1n) is 7.62. The number of nitrogens with one attached hydrogen (secondary N) is 1. The second kappa shape index (κ2) is 9.21. The summed E-state index contributed by atoms with van der Waals surface area (Å²) in [5.41, 5.74) is 1.90. The fourth-order valence-electron chi connectivity index (χ4n) is 2.65. The van der Waals surface area contributed by atoms with E-state index in [9.17, 15) is 4.79 Å². The molecule has 1 amide bonds. The Kier molecular flexibility index (Phi) is 7.97. The van der Waals surface area contributed by atoms with E-state index >= 15 is 0 Å². The monoisotopic (exact) mass is 354 g/mol. The number of benzene rings is 1. The highest BCUT2D eigenvalue weighted by atomic mass is 79.9. The number of hydrogen-bond donors (Lipinski definition) is 1. The summed E-state index contributed by atoms with van der Waals surface area (Å²) in [6, 6.07) is 8.11. The van der Waals surface area contributed by atoms with Gasteiger partial charge in [-0.2, -0.15) is 0 Å². The van der Waals surface area contributed by atoms with Crippen LogP contribution in [0.5, 0.6) is 0 Å². The van der Waals surface area contributed by atoms with Crippen LogP contribution in [0.4, 0.5) is 0 Å². The second-order valence-corrected chi connectivity index (χ2v) is 6.21. The quantitative estimate of drug-likeness (QED) is 0.722. The zero-order chi connectivity index (χ0) is 15.8. The van der Waals surface area contributed by atoms with E-state index in [1.807, 2.05) is 24.3 Å². The molecule has 0 bridgehead atoms. The summed E-state index contributed by atoms with van der Waals surface area (Å²) in [5.74, 6) is 0.616. The first-order chi connectivity index (χ1) is 10.0. The molecule has 3 nitrogen and oxygen atoms in total. The Bertz CT molecular complexity index is 427. The number of amides is 1. The van der Waals surface area contributed by atoms with Gasteiger partial charge in [-0.25, -0.2) is 0 Å². The van der Waals surface area contributed by atoms with Crippen molar-refractivity contribution in [3.05, 3.63) is 35.4 Å². The van der Waals surface area contributed by atoms with Crippen LogP contribution in [0.1, 0.15) is 42.6 Å². The maximum atomic E-state index is 12.2. The molecule has 0 saturated carbocycles. The van der Waals surface area contributed by atoms with Gasteiger partial charge >= 0.3 is 0 Å². The van der Waals surface area contributed by atoms with Gasteiger partial charge in [0.05, 0.1) is 0 Å². The van der Waals surface area contributed by atoms with Crippen LogP contribution in [0.2, 0.25) is 0 Å². The Hall–Kier alpha value is -0.870. The summed E-state index contributed by atoms with van der Waals surface area (Å²) in [7, 11) is 4.17. The summed E-state index contributed by atoms with van der Waals surface area (Å²) in [5, 5.41) is 3.89. The van der Waals surface area contributed by atoms with Crippen LogP contribution in [0.3, 0.4) is 0 Å². The van der Waals surface area contributed by atoms with Crippen LogP contribution in [-0.2, 0) is 5.33 Å². The van der Waals surface area contributed by atoms with Gasteiger partial charge in [0.2, 0.25) is 0 Å². The Morgan fingerprint density at radius 2 is 1.76 bits per heavy atom. The average molecular weight is 355 g/mol. The van der Waals surface area contributed by atoms with Crippen molar-refractivity contribution in [3.63, 3.8) is 0 Å².